The highest BCUT2D eigenvalue weighted by atomic mass is 16.6. The van der Waals surface area contributed by atoms with E-state index in [2.05, 4.69) is 6.58 Å². The number of nitrogens with zero attached hydrogens (tertiary/aromatic N) is 1. The van der Waals surface area contributed by atoms with Crippen LogP contribution in [0.5, 0.6) is 5.75 Å². The number of hydrogen-bond donors (Lipinski definition) is 2. The molecule has 0 unspecified atom stereocenters. The summed E-state index contributed by atoms with van der Waals surface area (Å²) < 4.78 is 10.5. The molecule has 0 fully saturated rings. The number of methoxy groups -OCH3 is 1. The number of amides is 1. The minimum absolute atomic E-state index is 0.109. The molecule has 144 valence electrons. The van der Waals surface area contributed by atoms with Crippen LogP contribution in [0.25, 0.3) is 0 Å². The second-order valence-corrected chi connectivity index (χ2v) is 5.99. The molecular weight excluding hydrogens is 346 g/mol. The number of carbonyl (C=O) groups is 1. The van der Waals surface area contributed by atoms with Crippen molar-refractivity contribution in [2.75, 3.05) is 13.7 Å². The summed E-state index contributed by atoms with van der Waals surface area (Å²) in [6.07, 6.45) is -0.342. The van der Waals surface area contributed by atoms with Crippen molar-refractivity contribution >= 4 is 6.09 Å². The SMILES string of the molecule is C=C[C@@H]([C@H](O)CO)N(Cc1ccc(OC)cc1)C(=O)OCc1ccccc1. The summed E-state index contributed by atoms with van der Waals surface area (Å²) >= 11 is 0. The van der Waals surface area contributed by atoms with E-state index >= 15 is 0 Å². The Balaban J connectivity index is 2.16. The maximum atomic E-state index is 12.7. The Hall–Kier alpha value is -2.83. The molecule has 2 aromatic rings. The molecule has 2 rings (SSSR count). The van der Waals surface area contributed by atoms with E-state index in [1.165, 1.54) is 11.0 Å². The first-order chi connectivity index (χ1) is 13.1. The van der Waals surface area contributed by atoms with E-state index in [4.69, 9.17) is 9.47 Å². The molecule has 2 aromatic carbocycles. The molecule has 2 N–H and O–H groups in total. The van der Waals surface area contributed by atoms with Gasteiger partial charge in [-0.15, -0.1) is 6.58 Å². The second-order valence-electron chi connectivity index (χ2n) is 5.99. The van der Waals surface area contributed by atoms with Gasteiger partial charge in [-0.1, -0.05) is 48.5 Å². The topological polar surface area (TPSA) is 79.2 Å². The van der Waals surface area contributed by atoms with Gasteiger partial charge in [-0.3, -0.25) is 4.90 Å². The number of aliphatic hydroxyl groups excluding tert-OH is 2. The highest BCUT2D eigenvalue weighted by Gasteiger charge is 2.28. The van der Waals surface area contributed by atoms with Gasteiger partial charge in [-0.2, -0.15) is 0 Å². The summed E-state index contributed by atoms with van der Waals surface area (Å²) in [5.41, 5.74) is 1.68. The van der Waals surface area contributed by atoms with Crippen molar-refractivity contribution in [2.45, 2.75) is 25.3 Å². The molecule has 0 aliphatic heterocycles. The quantitative estimate of drug-likeness (QED) is 0.663. The number of aliphatic hydroxyl groups is 2. The van der Waals surface area contributed by atoms with Crippen LogP contribution in [-0.2, 0) is 17.9 Å². The van der Waals surface area contributed by atoms with Crippen LogP contribution >= 0.6 is 0 Å². The molecule has 0 aliphatic carbocycles. The number of benzene rings is 2. The minimum atomic E-state index is -1.16. The molecule has 0 spiro atoms. The zero-order chi connectivity index (χ0) is 19.6. The lowest BCUT2D eigenvalue weighted by atomic mass is 10.1. The molecule has 0 saturated heterocycles. The van der Waals surface area contributed by atoms with Crippen molar-refractivity contribution in [1.29, 1.82) is 0 Å². The molecule has 0 saturated carbocycles. The van der Waals surface area contributed by atoms with Crippen molar-refractivity contribution in [3.63, 3.8) is 0 Å². The maximum Gasteiger partial charge on any atom is 0.410 e. The van der Waals surface area contributed by atoms with Gasteiger partial charge in [0.15, 0.2) is 0 Å². The standard InChI is InChI=1S/C21H25NO5/c1-3-19(20(24)14-23)22(13-16-9-11-18(26-2)12-10-16)21(25)27-15-17-7-5-4-6-8-17/h3-12,19-20,23-24H,1,13-15H2,2H3/t19-,20+/m0/s1. The fourth-order valence-electron chi connectivity index (χ4n) is 2.62. The summed E-state index contributed by atoms with van der Waals surface area (Å²) in [6, 6.07) is 15.7. The normalized spacial score (nSPS) is 12.7. The predicted molar refractivity (Wildman–Crippen MR) is 102 cm³/mol. The summed E-state index contributed by atoms with van der Waals surface area (Å²) in [7, 11) is 1.58. The molecular formula is C21H25NO5. The first-order valence-corrected chi connectivity index (χ1v) is 8.60. The predicted octanol–water partition coefficient (Wildman–Crippen LogP) is 2.74. The van der Waals surface area contributed by atoms with E-state index < -0.39 is 24.8 Å². The molecule has 0 heterocycles. The molecule has 1 amide bonds. The Labute approximate surface area is 159 Å². The van der Waals surface area contributed by atoms with E-state index in [0.29, 0.717) is 5.75 Å². The third kappa shape index (κ3) is 5.84. The first kappa shape index (κ1) is 20.5. The van der Waals surface area contributed by atoms with Gasteiger partial charge in [0.1, 0.15) is 18.5 Å². The Kier molecular flexibility index (Phi) is 7.85. The van der Waals surface area contributed by atoms with Gasteiger partial charge in [-0.05, 0) is 23.3 Å². The van der Waals surface area contributed by atoms with Crippen LogP contribution in [0, 0.1) is 0 Å². The van der Waals surface area contributed by atoms with E-state index in [-0.39, 0.29) is 13.2 Å². The lowest BCUT2D eigenvalue weighted by Crippen LogP contribution is -2.47. The van der Waals surface area contributed by atoms with Crippen LogP contribution in [0.15, 0.2) is 67.3 Å². The van der Waals surface area contributed by atoms with Gasteiger partial charge < -0.3 is 19.7 Å². The van der Waals surface area contributed by atoms with Crippen molar-refractivity contribution in [3.05, 3.63) is 78.4 Å². The van der Waals surface area contributed by atoms with Crippen molar-refractivity contribution in [3.8, 4) is 5.75 Å². The van der Waals surface area contributed by atoms with Crippen LogP contribution in [0.2, 0.25) is 0 Å². The van der Waals surface area contributed by atoms with Crippen LogP contribution in [0.1, 0.15) is 11.1 Å². The van der Waals surface area contributed by atoms with E-state index in [0.717, 1.165) is 11.1 Å². The molecule has 0 radical (unpaired) electrons. The van der Waals surface area contributed by atoms with Gasteiger partial charge in [0.05, 0.1) is 19.8 Å². The van der Waals surface area contributed by atoms with Crippen molar-refractivity contribution in [2.24, 2.45) is 0 Å². The van der Waals surface area contributed by atoms with Crippen LogP contribution in [0.3, 0.4) is 0 Å². The van der Waals surface area contributed by atoms with Gasteiger partial charge in [0.2, 0.25) is 0 Å². The summed E-state index contributed by atoms with van der Waals surface area (Å²) in [5, 5.41) is 19.4. The molecule has 6 heteroatoms. The summed E-state index contributed by atoms with van der Waals surface area (Å²) in [4.78, 5) is 14.0. The fourth-order valence-corrected chi connectivity index (χ4v) is 2.62. The number of rotatable bonds is 9. The number of ether oxygens (including phenoxy) is 2. The Morgan fingerprint density at radius 3 is 2.37 bits per heavy atom. The number of carbonyl (C=O) groups excluding carboxylic acids is 1. The molecule has 0 aliphatic rings. The summed E-state index contributed by atoms with van der Waals surface area (Å²) in [5.74, 6) is 0.701. The molecule has 0 bridgehead atoms. The van der Waals surface area contributed by atoms with Crippen LogP contribution < -0.4 is 4.74 Å². The average molecular weight is 371 g/mol. The lowest BCUT2D eigenvalue weighted by molar-refractivity contribution is 0.0179. The molecule has 6 nitrogen and oxygen atoms in total. The van der Waals surface area contributed by atoms with Crippen molar-refractivity contribution < 1.29 is 24.5 Å². The van der Waals surface area contributed by atoms with Crippen LogP contribution in [0.4, 0.5) is 4.79 Å². The fraction of sp³-hybridized carbons (Fsp3) is 0.286. The third-order valence-electron chi connectivity index (χ3n) is 4.13. The third-order valence-corrected chi connectivity index (χ3v) is 4.13. The second kappa shape index (κ2) is 10.4. The number of hydrogen-bond acceptors (Lipinski definition) is 5. The van der Waals surface area contributed by atoms with E-state index in [9.17, 15) is 15.0 Å². The Bertz CT molecular complexity index is 717. The zero-order valence-electron chi connectivity index (χ0n) is 15.3. The highest BCUT2D eigenvalue weighted by Crippen LogP contribution is 2.18. The summed E-state index contributed by atoms with van der Waals surface area (Å²) in [6.45, 7) is 3.48. The average Bonchev–Trinajstić information content (AvgIpc) is 2.72. The molecule has 0 aromatic heterocycles. The first-order valence-electron chi connectivity index (χ1n) is 8.60. The monoisotopic (exact) mass is 371 g/mol. The highest BCUT2D eigenvalue weighted by molar-refractivity contribution is 5.68. The van der Waals surface area contributed by atoms with E-state index in [1.807, 2.05) is 42.5 Å². The zero-order valence-corrected chi connectivity index (χ0v) is 15.3. The minimum Gasteiger partial charge on any atom is -0.497 e. The Morgan fingerprint density at radius 2 is 1.81 bits per heavy atom. The molecule has 27 heavy (non-hydrogen) atoms. The van der Waals surface area contributed by atoms with E-state index in [1.54, 1.807) is 19.2 Å². The van der Waals surface area contributed by atoms with Gasteiger partial charge in [0, 0.05) is 6.54 Å². The van der Waals surface area contributed by atoms with Crippen LogP contribution in [-0.4, -0.2) is 47.1 Å². The van der Waals surface area contributed by atoms with Gasteiger partial charge in [0.25, 0.3) is 0 Å². The lowest BCUT2D eigenvalue weighted by Gasteiger charge is -2.31. The van der Waals surface area contributed by atoms with Gasteiger partial charge >= 0.3 is 6.09 Å². The van der Waals surface area contributed by atoms with Gasteiger partial charge in [-0.25, -0.2) is 4.79 Å². The smallest absolute Gasteiger partial charge is 0.410 e. The molecule has 2 atom stereocenters. The largest absolute Gasteiger partial charge is 0.497 e. The van der Waals surface area contributed by atoms with Crippen molar-refractivity contribution in [1.82, 2.24) is 4.90 Å². The maximum absolute atomic E-state index is 12.7. The Morgan fingerprint density at radius 1 is 1.15 bits per heavy atom.